The summed E-state index contributed by atoms with van der Waals surface area (Å²) in [7, 11) is 3.33. The highest BCUT2D eigenvalue weighted by Gasteiger charge is 2.32. The van der Waals surface area contributed by atoms with Gasteiger partial charge in [-0.25, -0.2) is 14.8 Å². The number of nitrogens with one attached hydrogen (secondary N) is 1. The van der Waals surface area contributed by atoms with Gasteiger partial charge >= 0.3 is 12.2 Å². The van der Waals surface area contributed by atoms with E-state index in [0.717, 1.165) is 12.1 Å². The molecule has 0 spiro atoms. The lowest BCUT2D eigenvalue weighted by molar-refractivity contribution is -0.137. The number of alkyl halides is 3. The van der Waals surface area contributed by atoms with Crippen LogP contribution in [0.1, 0.15) is 12.0 Å². The molecule has 1 aliphatic rings. The van der Waals surface area contributed by atoms with Gasteiger partial charge in [0.1, 0.15) is 17.3 Å². The van der Waals surface area contributed by atoms with Crippen LogP contribution in [0.2, 0.25) is 0 Å². The second kappa shape index (κ2) is 8.97. The van der Waals surface area contributed by atoms with Gasteiger partial charge in [0, 0.05) is 38.0 Å². The minimum atomic E-state index is -4.49. The highest BCUT2D eigenvalue weighted by molar-refractivity contribution is 6.03. The fraction of sp³-hybridized carbons (Fsp3) is 0.261. The van der Waals surface area contributed by atoms with Crippen molar-refractivity contribution in [2.75, 3.05) is 42.4 Å². The van der Waals surface area contributed by atoms with Crippen molar-refractivity contribution in [2.45, 2.75) is 12.6 Å². The molecule has 0 aliphatic carbocycles. The first-order chi connectivity index (χ1) is 15.8. The molecule has 0 radical (unpaired) electrons. The second-order valence-electron chi connectivity index (χ2n) is 7.53. The van der Waals surface area contributed by atoms with Crippen molar-refractivity contribution in [3.8, 4) is 17.0 Å². The number of aromatic nitrogens is 2. The normalized spacial score (nSPS) is 13.8. The fourth-order valence-electron chi connectivity index (χ4n) is 3.70. The van der Waals surface area contributed by atoms with Gasteiger partial charge in [0.05, 0.1) is 18.4 Å². The Hall–Kier alpha value is -3.82. The minimum Gasteiger partial charge on any atom is -0.494 e. The SMILES string of the molecule is COc1cc(-c2cccc(C(F)(F)F)c2)nc2c1N(C)CCCN2C(=O)Nc1ccccn1. The Morgan fingerprint density at radius 3 is 2.64 bits per heavy atom. The number of amides is 2. The summed E-state index contributed by atoms with van der Waals surface area (Å²) in [5.74, 6) is 1.09. The molecule has 0 saturated carbocycles. The zero-order valence-electron chi connectivity index (χ0n) is 18.1. The first-order valence-corrected chi connectivity index (χ1v) is 10.3. The van der Waals surface area contributed by atoms with Crippen LogP contribution in [0.3, 0.4) is 0 Å². The predicted molar refractivity (Wildman–Crippen MR) is 120 cm³/mol. The number of nitrogens with zero attached hydrogens (tertiary/aromatic N) is 4. The van der Waals surface area contributed by atoms with Crippen molar-refractivity contribution >= 4 is 23.4 Å². The van der Waals surface area contributed by atoms with Crippen LogP contribution >= 0.6 is 0 Å². The predicted octanol–water partition coefficient (Wildman–Crippen LogP) is 5.05. The maximum Gasteiger partial charge on any atom is 0.416 e. The Labute approximate surface area is 188 Å². The van der Waals surface area contributed by atoms with Gasteiger partial charge in [-0.1, -0.05) is 18.2 Å². The molecule has 0 bridgehead atoms. The van der Waals surface area contributed by atoms with E-state index in [4.69, 9.17) is 4.74 Å². The molecule has 4 rings (SSSR count). The number of ether oxygens (including phenoxy) is 1. The van der Waals surface area contributed by atoms with Gasteiger partial charge in [0.2, 0.25) is 0 Å². The zero-order chi connectivity index (χ0) is 23.6. The molecule has 2 amide bonds. The van der Waals surface area contributed by atoms with E-state index in [1.807, 2.05) is 11.9 Å². The van der Waals surface area contributed by atoms with Crippen LogP contribution in [0.5, 0.6) is 5.75 Å². The summed E-state index contributed by atoms with van der Waals surface area (Å²) in [4.78, 5) is 25.3. The van der Waals surface area contributed by atoms with E-state index in [0.29, 0.717) is 42.6 Å². The lowest BCUT2D eigenvalue weighted by atomic mass is 10.1. The van der Waals surface area contributed by atoms with Crippen molar-refractivity contribution in [1.29, 1.82) is 0 Å². The molecule has 3 aromatic rings. The molecule has 3 heterocycles. The lowest BCUT2D eigenvalue weighted by Crippen LogP contribution is -2.36. The third-order valence-electron chi connectivity index (χ3n) is 5.30. The Balaban J connectivity index is 1.81. The molecule has 2 aromatic heterocycles. The molecule has 0 atom stereocenters. The van der Waals surface area contributed by atoms with E-state index in [1.165, 1.54) is 18.1 Å². The van der Waals surface area contributed by atoms with Gasteiger partial charge in [-0.3, -0.25) is 10.2 Å². The summed E-state index contributed by atoms with van der Waals surface area (Å²) >= 11 is 0. The van der Waals surface area contributed by atoms with E-state index in [2.05, 4.69) is 15.3 Å². The first-order valence-electron chi connectivity index (χ1n) is 10.3. The Kier molecular flexibility index (Phi) is 6.08. The fourth-order valence-corrected chi connectivity index (χ4v) is 3.70. The summed E-state index contributed by atoms with van der Waals surface area (Å²) in [5.41, 5.74) is 0.338. The van der Waals surface area contributed by atoms with E-state index >= 15 is 0 Å². The number of methoxy groups -OCH3 is 1. The van der Waals surface area contributed by atoms with Gasteiger partial charge < -0.3 is 9.64 Å². The number of rotatable bonds is 3. The van der Waals surface area contributed by atoms with Crippen LogP contribution in [0, 0.1) is 0 Å². The summed E-state index contributed by atoms with van der Waals surface area (Å²) < 4.78 is 45.4. The van der Waals surface area contributed by atoms with Crippen LogP contribution in [-0.4, -0.2) is 43.2 Å². The molecule has 0 saturated heterocycles. The minimum absolute atomic E-state index is 0.266. The van der Waals surface area contributed by atoms with Crippen molar-refractivity contribution < 1.29 is 22.7 Å². The van der Waals surface area contributed by atoms with Gasteiger partial charge in [-0.2, -0.15) is 13.2 Å². The van der Waals surface area contributed by atoms with Gasteiger partial charge in [-0.05, 0) is 30.7 Å². The summed E-state index contributed by atoms with van der Waals surface area (Å²) in [6, 6.07) is 11.2. The number of benzene rings is 1. The van der Waals surface area contributed by atoms with E-state index in [-0.39, 0.29) is 11.3 Å². The number of carbonyl (C=O) groups excluding carboxylic acids is 1. The number of fused-ring (bicyclic) bond motifs is 1. The summed E-state index contributed by atoms with van der Waals surface area (Å²) in [6.45, 7) is 1.000. The maximum absolute atomic E-state index is 13.3. The Morgan fingerprint density at radius 1 is 1.12 bits per heavy atom. The topological polar surface area (TPSA) is 70.6 Å². The molecule has 33 heavy (non-hydrogen) atoms. The highest BCUT2D eigenvalue weighted by atomic mass is 19.4. The molecule has 172 valence electrons. The van der Waals surface area contributed by atoms with E-state index in [9.17, 15) is 18.0 Å². The Bertz CT molecular complexity index is 1150. The largest absolute Gasteiger partial charge is 0.494 e. The molecular weight excluding hydrogens is 435 g/mol. The van der Waals surface area contributed by atoms with E-state index < -0.39 is 17.8 Å². The van der Waals surface area contributed by atoms with Crippen LogP contribution in [0.25, 0.3) is 11.3 Å². The molecule has 0 fully saturated rings. The molecule has 0 unspecified atom stereocenters. The van der Waals surface area contributed by atoms with Crippen molar-refractivity contribution in [3.63, 3.8) is 0 Å². The van der Waals surface area contributed by atoms with Gasteiger partial charge in [0.25, 0.3) is 0 Å². The second-order valence-corrected chi connectivity index (χ2v) is 7.53. The van der Waals surface area contributed by atoms with Crippen LogP contribution < -0.4 is 19.9 Å². The monoisotopic (exact) mass is 457 g/mol. The number of hydrogen-bond donors (Lipinski definition) is 1. The highest BCUT2D eigenvalue weighted by Crippen LogP contribution is 2.42. The van der Waals surface area contributed by atoms with Crippen molar-refractivity contribution in [3.05, 3.63) is 60.3 Å². The Morgan fingerprint density at radius 2 is 1.94 bits per heavy atom. The molecular formula is C23H22F3N5O2. The first kappa shape index (κ1) is 22.4. The van der Waals surface area contributed by atoms with Crippen LogP contribution in [0.15, 0.2) is 54.7 Å². The van der Waals surface area contributed by atoms with Crippen LogP contribution in [0.4, 0.5) is 35.3 Å². The standard InChI is InChI=1S/C23H22F3N5O2/c1-30-11-6-12-31(22(32)29-19-9-3-4-10-27-19)21-20(30)18(33-2)14-17(28-21)15-7-5-8-16(13-15)23(24,25)26/h3-5,7-10,13-14H,6,11-12H2,1-2H3,(H,27,29,32). The maximum atomic E-state index is 13.3. The molecule has 1 N–H and O–H groups in total. The van der Waals surface area contributed by atoms with E-state index in [1.54, 1.807) is 36.5 Å². The third-order valence-corrected chi connectivity index (χ3v) is 5.30. The smallest absolute Gasteiger partial charge is 0.416 e. The third kappa shape index (κ3) is 4.69. The molecule has 1 aliphatic heterocycles. The van der Waals surface area contributed by atoms with Crippen LogP contribution in [-0.2, 0) is 6.18 Å². The quantitative estimate of drug-likeness (QED) is 0.596. The number of urea groups is 1. The summed E-state index contributed by atoms with van der Waals surface area (Å²) in [5, 5.41) is 2.75. The number of anilines is 3. The molecule has 7 nitrogen and oxygen atoms in total. The molecule has 10 heteroatoms. The zero-order valence-corrected chi connectivity index (χ0v) is 18.1. The van der Waals surface area contributed by atoms with Gasteiger partial charge in [0.15, 0.2) is 5.82 Å². The lowest BCUT2D eigenvalue weighted by Gasteiger charge is -2.26. The number of carbonyl (C=O) groups is 1. The number of hydrogen-bond acceptors (Lipinski definition) is 5. The molecule has 1 aromatic carbocycles. The average molecular weight is 457 g/mol. The van der Waals surface area contributed by atoms with Crippen molar-refractivity contribution in [2.24, 2.45) is 0 Å². The van der Waals surface area contributed by atoms with Crippen molar-refractivity contribution in [1.82, 2.24) is 9.97 Å². The number of pyridine rings is 2. The average Bonchev–Trinajstić information content (AvgIpc) is 2.97. The van der Waals surface area contributed by atoms with Gasteiger partial charge in [-0.15, -0.1) is 0 Å². The number of halogens is 3. The summed E-state index contributed by atoms with van der Waals surface area (Å²) in [6.07, 6.45) is -2.27.